The molecule has 0 aliphatic heterocycles. The van der Waals surface area contributed by atoms with E-state index in [1.54, 1.807) is 0 Å². The molecule has 0 saturated heterocycles. The van der Waals surface area contributed by atoms with Crippen molar-refractivity contribution in [3.8, 4) is 0 Å². The minimum absolute atomic E-state index is 0.168. The maximum Gasteiger partial charge on any atom is 0.235 e. The van der Waals surface area contributed by atoms with Gasteiger partial charge < -0.3 is 5.32 Å². The minimum Gasteiger partial charge on any atom is -0.659 e. The number of hydrogen-bond donors (Lipinski definition) is 0. The average molecular weight is 344 g/mol. The summed E-state index contributed by atoms with van der Waals surface area (Å²) in [6.45, 7) is 9.50. The first-order valence-electron chi connectivity index (χ1n) is 10.6. The Labute approximate surface area is 153 Å². The summed E-state index contributed by atoms with van der Waals surface area (Å²) in [6.07, 6.45) is 9.68. The maximum atomic E-state index is 11.2. The van der Waals surface area contributed by atoms with Crippen molar-refractivity contribution in [1.82, 2.24) is 0 Å². The van der Waals surface area contributed by atoms with Gasteiger partial charge in [-0.25, -0.2) is 4.79 Å². The Bertz CT molecular complexity index is 585. The van der Waals surface area contributed by atoms with Crippen molar-refractivity contribution < 1.29 is 4.79 Å². The summed E-state index contributed by atoms with van der Waals surface area (Å²) in [7, 11) is 2.04. The fourth-order valence-corrected chi connectivity index (χ4v) is 8.11. The Morgan fingerprint density at radius 3 is 2.44 bits per heavy atom. The van der Waals surface area contributed by atoms with Gasteiger partial charge in [0.25, 0.3) is 0 Å². The molecule has 0 N–H and O–H groups in total. The number of isocyanates is 1. The molecule has 3 nitrogen and oxygen atoms in total. The predicted molar refractivity (Wildman–Crippen MR) is 101 cm³/mol. The third kappa shape index (κ3) is 2.34. The zero-order chi connectivity index (χ0) is 18.0. The Morgan fingerprint density at radius 2 is 1.76 bits per heavy atom. The van der Waals surface area contributed by atoms with Crippen LogP contribution in [-0.2, 0) is 4.79 Å². The molecular weight excluding hydrogens is 308 g/mol. The second kappa shape index (κ2) is 5.92. The Balaban J connectivity index is 1.77. The van der Waals surface area contributed by atoms with E-state index in [0.717, 1.165) is 35.5 Å². The molecule has 0 unspecified atom stereocenters. The quantitative estimate of drug-likeness (QED) is 0.501. The lowest BCUT2D eigenvalue weighted by Crippen LogP contribution is -2.63. The summed E-state index contributed by atoms with van der Waals surface area (Å²) < 4.78 is 0. The molecule has 0 aromatic carbocycles. The highest BCUT2D eigenvalue weighted by Gasteiger charge is 2.61. The molecule has 4 rings (SSSR count). The highest BCUT2D eigenvalue weighted by atomic mass is 16.1. The number of carbonyl (C=O) groups excluding carboxylic acids is 1. The van der Waals surface area contributed by atoms with Crippen molar-refractivity contribution in [1.29, 1.82) is 0 Å². The van der Waals surface area contributed by atoms with Gasteiger partial charge in [0, 0.05) is 0 Å². The molecule has 10 atom stereocenters. The predicted octanol–water partition coefficient (Wildman–Crippen LogP) is 5.21. The van der Waals surface area contributed by atoms with Gasteiger partial charge in [0.1, 0.15) is 0 Å². The molecule has 0 radical (unpaired) electrons. The summed E-state index contributed by atoms with van der Waals surface area (Å²) >= 11 is 0. The second-order valence-electron chi connectivity index (χ2n) is 10.3. The highest BCUT2D eigenvalue weighted by Crippen LogP contribution is 2.66. The van der Waals surface area contributed by atoms with Crippen LogP contribution in [-0.4, -0.2) is 24.2 Å². The van der Waals surface area contributed by atoms with Crippen molar-refractivity contribution in [3.05, 3.63) is 5.32 Å². The zero-order valence-electron chi connectivity index (χ0n) is 16.7. The third-order valence-electron chi connectivity index (χ3n) is 9.59. The molecule has 4 saturated carbocycles. The van der Waals surface area contributed by atoms with E-state index in [-0.39, 0.29) is 11.1 Å². The van der Waals surface area contributed by atoms with Gasteiger partial charge in [-0.3, -0.25) is 0 Å². The lowest BCUT2D eigenvalue weighted by atomic mass is 9.40. The first kappa shape index (κ1) is 17.7. The molecule has 4 aliphatic rings. The molecule has 140 valence electrons. The molecule has 0 aromatic rings. The van der Waals surface area contributed by atoms with E-state index in [1.165, 1.54) is 38.5 Å². The molecule has 4 fully saturated rings. The summed E-state index contributed by atoms with van der Waals surface area (Å²) in [5, 5.41) is 4.91. The average Bonchev–Trinajstić information content (AvgIpc) is 2.59. The van der Waals surface area contributed by atoms with E-state index < -0.39 is 0 Å². The van der Waals surface area contributed by atoms with Crippen LogP contribution in [0.15, 0.2) is 4.99 Å². The van der Waals surface area contributed by atoms with Crippen LogP contribution in [0.2, 0.25) is 0 Å². The van der Waals surface area contributed by atoms with E-state index in [1.807, 2.05) is 13.1 Å². The number of nitrogens with zero attached hydrogens (tertiary/aromatic N) is 2. The number of aliphatic imine (C=N–C) groups is 1. The van der Waals surface area contributed by atoms with E-state index in [4.69, 9.17) is 5.32 Å². The molecule has 0 aromatic heterocycles. The summed E-state index contributed by atoms with van der Waals surface area (Å²) in [5.74, 6) is 5.88. The van der Waals surface area contributed by atoms with Crippen LogP contribution in [0.4, 0.5) is 0 Å². The van der Waals surface area contributed by atoms with Crippen molar-refractivity contribution in [3.63, 3.8) is 0 Å². The first-order chi connectivity index (χ1) is 11.9. The van der Waals surface area contributed by atoms with E-state index in [9.17, 15) is 4.79 Å². The van der Waals surface area contributed by atoms with Crippen LogP contribution < -0.4 is 0 Å². The molecular formula is C22H35N2O-. The van der Waals surface area contributed by atoms with Crippen molar-refractivity contribution >= 4 is 6.08 Å². The first-order valence-corrected chi connectivity index (χ1v) is 10.6. The summed E-state index contributed by atoms with van der Waals surface area (Å²) in [5.41, 5.74) is -0.0304. The Kier molecular flexibility index (Phi) is 4.20. The van der Waals surface area contributed by atoms with Gasteiger partial charge in [0.15, 0.2) is 0 Å². The van der Waals surface area contributed by atoms with Crippen LogP contribution in [0, 0.1) is 47.3 Å². The third-order valence-corrected chi connectivity index (χ3v) is 9.59. The Morgan fingerprint density at radius 1 is 1.04 bits per heavy atom. The normalized spacial score (nSPS) is 57.3. The van der Waals surface area contributed by atoms with Crippen molar-refractivity contribution in [2.24, 2.45) is 52.3 Å². The van der Waals surface area contributed by atoms with E-state index in [0.29, 0.717) is 11.8 Å². The smallest absolute Gasteiger partial charge is 0.235 e. The topological polar surface area (TPSA) is 43.5 Å². The molecule has 3 heteroatoms. The van der Waals surface area contributed by atoms with Crippen LogP contribution in [0.1, 0.15) is 66.2 Å². The van der Waals surface area contributed by atoms with E-state index >= 15 is 0 Å². The van der Waals surface area contributed by atoms with Gasteiger partial charge in [-0.05, 0) is 67.6 Å². The number of hydrogen-bond acceptors (Lipinski definition) is 2. The van der Waals surface area contributed by atoms with Gasteiger partial charge in [0.05, 0.1) is 5.54 Å². The molecule has 25 heavy (non-hydrogen) atoms. The van der Waals surface area contributed by atoms with Gasteiger partial charge in [-0.2, -0.15) is 12.0 Å². The van der Waals surface area contributed by atoms with Crippen molar-refractivity contribution in [2.75, 3.05) is 7.05 Å². The minimum atomic E-state index is -0.198. The van der Waals surface area contributed by atoms with Gasteiger partial charge in [0.2, 0.25) is 6.08 Å². The molecule has 4 aliphatic carbocycles. The fraction of sp³-hybridized carbons (Fsp3) is 0.955. The number of rotatable bonds is 2. The van der Waals surface area contributed by atoms with Gasteiger partial charge in [-0.1, -0.05) is 46.0 Å². The van der Waals surface area contributed by atoms with Crippen molar-refractivity contribution in [2.45, 2.75) is 77.3 Å². The maximum absolute atomic E-state index is 11.2. The summed E-state index contributed by atoms with van der Waals surface area (Å²) in [4.78, 5) is 15.7. The highest BCUT2D eigenvalue weighted by molar-refractivity contribution is 5.36. The summed E-state index contributed by atoms with van der Waals surface area (Å²) in [6, 6.07) is 0. The zero-order valence-corrected chi connectivity index (χ0v) is 16.7. The molecule has 0 heterocycles. The second-order valence-corrected chi connectivity index (χ2v) is 10.3. The standard InChI is InChI=1S/C22H35N2O/c1-13-10-15-11-14(2)22(4,24-12-25)18-7-6-17-20(19(15)18)16(13)8-9-21(17,3)23-5/h13-20H,6-11H2,1-5H3/q-1/t13-,14+,15-,16+,17-,18-,19+,20+,21-,22+/m0/s1. The van der Waals surface area contributed by atoms with Gasteiger partial charge in [-0.15, -0.1) is 5.54 Å². The monoisotopic (exact) mass is 343 g/mol. The molecule has 0 amide bonds. The SMILES string of the molecule is C[N-][C@@]1(C)CC[C@H]2[C@H]3[C@@H]4[C@H](C[C@@H](C)[C@@](C)(N=C=O)[C@H]4CC[C@@H]31)C[C@@H]2C. The van der Waals surface area contributed by atoms with E-state index in [2.05, 4.69) is 32.7 Å². The molecule has 0 bridgehead atoms. The lowest BCUT2D eigenvalue weighted by molar-refractivity contribution is -0.145. The Hall–Kier alpha value is -0.660. The van der Waals surface area contributed by atoms with Crippen LogP contribution in [0.5, 0.6) is 0 Å². The van der Waals surface area contributed by atoms with Crippen LogP contribution in [0.3, 0.4) is 0 Å². The largest absolute Gasteiger partial charge is 0.659 e. The van der Waals surface area contributed by atoms with Crippen LogP contribution >= 0.6 is 0 Å². The fourth-order valence-electron chi connectivity index (χ4n) is 8.11. The lowest BCUT2D eigenvalue weighted by Gasteiger charge is -2.69. The van der Waals surface area contributed by atoms with Crippen LogP contribution in [0.25, 0.3) is 5.32 Å². The van der Waals surface area contributed by atoms with Gasteiger partial charge >= 0.3 is 0 Å². The molecule has 0 spiro atoms.